The molecule has 0 saturated carbocycles. The molecular weight excluding hydrogens is 352 g/mol. The molecule has 4 rings (SSSR count). The summed E-state index contributed by atoms with van der Waals surface area (Å²) >= 11 is 0. The fraction of sp³-hybridized carbons (Fsp3) is 0.458. The number of rotatable bonds is 8. The van der Waals surface area contributed by atoms with Crippen molar-refractivity contribution in [1.29, 1.82) is 0 Å². The minimum atomic E-state index is -2.08. The van der Waals surface area contributed by atoms with Crippen LogP contribution in [0.3, 0.4) is 0 Å². The number of aliphatic hydroxyl groups is 2. The minimum absolute atomic E-state index is 0.315. The molecule has 2 aromatic carbocycles. The van der Waals surface area contributed by atoms with E-state index in [-0.39, 0.29) is 0 Å². The van der Waals surface area contributed by atoms with E-state index < -0.39 is 17.2 Å². The van der Waals surface area contributed by atoms with Crippen molar-refractivity contribution in [1.82, 2.24) is 0 Å². The van der Waals surface area contributed by atoms with Crippen LogP contribution in [-0.2, 0) is 17.8 Å². The number of hydrogen-bond acceptors (Lipinski definition) is 4. The van der Waals surface area contributed by atoms with E-state index in [2.05, 4.69) is 6.92 Å². The second kappa shape index (κ2) is 7.34. The van der Waals surface area contributed by atoms with Gasteiger partial charge in [0.15, 0.2) is 0 Å². The third-order valence-corrected chi connectivity index (χ3v) is 6.12. The lowest BCUT2D eigenvalue weighted by Gasteiger charge is -2.28. The molecule has 2 aliphatic rings. The van der Waals surface area contributed by atoms with Crippen molar-refractivity contribution < 1.29 is 19.7 Å². The lowest BCUT2D eigenvalue weighted by atomic mass is 9.86. The van der Waals surface area contributed by atoms with Gasteiger partial charge in [0.25, 0.3) is 5.79 Å². The second-order valence-corrected chi connectivity index (χ2v) is 8.03. The van der Waals surface area contributed by atoms with Gasteiger partial charge in [-0.25, -0.2) is 0 Å². The fourth-order valence-corrected chi connectivity index (χ4v) is 4.50. The molecule has 4 nitrogen and oxygen atoms in total. The van der Waals surface area contributed by atoms with Crippen LogP contribution in [0, 0.1) is 0 Å². The highest BCUT2D eigenvalue weighted by Crippen LogP contribution is 2.58. The van der Waals surface area contributed by atoms with Gasteiger partial charge in [-0.15, -0.1) is 0 Å². The summed E-state index contributed by atoms with van der Waals surface area (Å²) in [5.74, 6) is -2.19. The van der Waals surface area contributed by atoms with Crippen LogP contribution < -0.4 is 4.74 Å². The van der Waals surface area contributed by atoms with Gasteiger partial charge in [0.1, 0.15) is 5.75 Å². The van der Waals surface area contributed by atoms with Crippen molar-refractivity contribution in [3.63, 3.8) is 0 Å². The van der Waals surface area contributed by atoms with Gasteiger partial charge in [-0.05, 0) is 30.5 Å². The summed E-state index contributed by atoms with van der Waals surface area (Å²) in [6, 6.07) is 12.3. The van der Waals surface area contributed by atoms with Crippen LogP contribution >= 0.6 is 0 Å². The zero-order valence-corrected chi connectivity index (χ0v) is 16.4. The molecule has 2 N–H and O–H groups in total. The molecule has 0 saturated heterocycles. The first-order valence-corrected chi connectivity index (χ1v) is 10.4. The van der Waals surface area contributed by atoms with Crippen molar-refractivity contribution >= 4 is 5.78 Å². The van der Waals surface area contributed by atoms with Crippen LogP contribution in [0.1, 0.15) is 78.9 Å². The Balaban J connectivity index is 1.50. The number of hydrogen-bond donors (Lipinski definition) is 2. The maximum absolute atomic E-state index is 13.0. The van der Waals surface area contributed by atoms with Gasteiger partial charge in [0.2, 0.25) is 11.4 Å². The standard InChI is InChI=1S/C24H28O4/c1-2-3-4-5-6-7-8-11-17-14-15-21-20(16-17)23(26)22(25)18-12-9-10-13-19(18)24(23,27)28-21/h9-10,12-16,26-27H,2-8,11H2,1H3. The molecule has 148 valence electrons. The molecule has 0 aromatic heterocycles. The highest BCUT2D eigenvalue weighted by Gasteiger charge is 2.70. The number of unbranched alkanes of at least 4 members (excludes halogenated alkanes) is 6. The number of fused-ring (bicyclic) bond motifs is 5. The van der Waals surface area contributed by atoms with E-state index in [1.54, 1.807) is 30.3 Å². The molecule has 0 spiro atoms. The van der Waals surface area contributed by atoms with Crippen LogP contribution in [0.4, 0.5) is 0 Å². The highest BCUT2D eigenvalue weighted by molar-refractivity contribution is 6.09. The minimum Gasteiger partial charge on any atom is -0.454 e. The van der Waals surface area contributed by atoms with Crippen LogP contribution in [0.15, 0.2) is 42.5 Å². The number of carbonyl (C=O) groups is 1. The topological polar surface area (TPSA) is 66.8 Å². The van der Waals surface area contributed by atoms with Gasteiger partial charge in [-0.1, -0.05) is 75.8 Å². The van der Waals surface area contributed by atoms with Crippen LogP contribution in [-0.4, -0.2) is 16.0 Å². The summed E-state index contributed by atoms with van der Waals surface area (Å²) in [4.78, 5) is 13.0. The Morgan fingerprint density at radius 3 is 2.39 bits per heavy atom. The van der Waals surface area contributed by atoms with E-state index >= 15 is 0 Å². The maximum atomic E-state index is 13.0. The molecule has 2 aromatic rings. The summed E-state index contributed by atoms with van der Waals surface area (Å²) in [6.45, 7) is 2.22. The van der Waals surface area contributed by atoms with Gasteiger partial charge in [0.05, 0.1) is 0 Å². The summed E-state index contributed by atoms with van der Waals surface area (Å²) in [7, 11) is 0. The van der Waals surface area contributed by atoms with Crippen LogP contribution in [0.25, 0.3) is 0 Å². The fourth-order valence-electron chi connectivity index (χ4n) is 4.50. The highest BCUT2D eigenvalue weighted by atomic mass is 16.7. The van der Waals surface area contributed by atoms with Crippen LogP contribution in [0.2, 0.25) is 0 Å². The Bertz CT molecular complexity index is 890. The van der Waals surface area contributed by atoms with E-state index in [1.807, 2.05) is 12.1 Å². The van der Waals surface area contributed by atoms with Gasteiger partial charge in [0, 0.05) is 16.7 Å². The molecule has 1 aliphatic heterocycles. The molecule has 28 heavy (non-hydrogen) atoms. The number of aryl methyl sites for hydroxylation is 1. The van der Waals surface area contributed by atoms with Gasteiger partial charge >= 0.3 is 0 Å². The maximum Gasteiger partial charge on any atom is 0.276 e. The largest absolute Gasteiger partial charge is 0.454 e. The summed E-state index contributed by atoms with van der Waals surface area (Å²) in [5.41, 5.74) is -0.0146. The number of ether oxygens (including phenoxy) is 1. The van der Waals surface area contributed by atoms with E-state index in [0.717, 1.165) is 18.4 Å². The molecule has 0 fully saturated rings. The van der Waals surface area contributed by atoms with E-state index in [1.165, 1.54) is 38.5 Å². The summed E-state index contributed by atoms with van der Waals surface area (Å²) in [6.07, 6.45) is 9.53. The average molecular weight is 380 g/mol. The van der Waals surface area contributed by atoms with Crippen molar-refractivity contribution in [2.75, 3.05) is 0 Å². The number of benzene rings is 2. The van der Waals surface area contributed by atoms with Crippen molar-refractivity contribution in [3.05, 3.63) is 64.7 Å². The van der Waals surface area contributed by atoms with E-state index in [9.17, 15) is 15.0 Å². The third kappa shape index (κ3) is 2.78. The Labute approximate surface area is 166 Å². The Kier molecular flexibility index (Phi) is 5.02. The number of carbonyl (C=O) groups excluding carboxylic acids is 1. The molecule has 2 atom stereocenters. The SMILES string of the molecule is CCCCCCCCCc1ccc2c(c1)C1(O)C(=O)c3ccccc3C1(O)O2. The lowest BCUT2D eigenvalue weighted by Crippen LogP contribution is -2.48. The predicted octanol–water partition coefficient (Wildman–Crippen LogP) is 4.60. The number of ketones is 1. The summed E-state index contributed by atoms with van der Waals surface area (Å²) in [5, 5.41) is 22.5. The first kappa shape index (κ1) is 19.2. The van der Waals surface area contributed by atoms with Gasteiger partial charge < -0.3 is 14.9 Å². The summed E-state index contributed by atoms with van der Waals surface area (Å²) < 4.78 is 5.74. The molecule has 1 heterocycles. The second-order valence-electron chi connectivity index (χ2n) is 8.03. The van der Waals surface area contributed by atoms with E-state index in [4.69, 9.17) is 4.74 Å². The van der Waals surface area contributed by atoms with E-state index in [0.29, 0.717) is 22.4 Å². The molecule has 0 bridgehead atoms. The zero-order chi connectivity index (χ0) is 19.8. The molecule has 2 unspecified atom stereocenters. The Morgan fingerprint density at radius 2 is 1.61 bits per heavy atom. The molecule has 0 amide bonds. The molecule has 0 radical (unpaired) electrons. The van der Waals surface area contributed by atoms with Crippen molar-refractivity contribution in [2.45, 2.75) is 69.7 Å². The zero-order valence-electron chi connectivity index (χ0n) is 16.4. The third-order valence-electron chi connectivity index (χ3n) is 6.12. The Morgan fingerprint density at radius 1 is 0.893 bits per heavy atom. The monoisotopic (exact) mass is 380 g/mol. The molecule has 4 heteroatoms. The molecule has 1 aliphatic carbocycles. The van der Waals surface area contributed by atoms with Gasteiger partial charge in [-0.2, -0.15) is 0 Å². The van der Waals surface area contributed by atoms with Crippen molar-refractivity contribution in [3.8, 4) is 5.75 Å². The molecular formula is C24H28O4. The predicted molar refractivity (Wildman–Crippen MR) is 107 cm³/mol. The average Bonchev–Trinajstić information content (AvgIpc) is 3.04. The quantitative estimate of drug-likeness (QED) is 0.657. The number of Topliss-reactive ketones (excluding diaryl/α,β-unsaturated/α-hetero) is 1. The van der Waals surface area contributed by atoms with Crippen molar-refractivity contribution in [2.24, 2.45) is 0 Å². The first-order chi connectivity index (χ1) is 13.5. The first-order valence-electron chi connectivity index (χ1n) is 10.4. The Hall–Kier alpha value is -2.17. The lowest BCUT2D eigenvalue weighted by molar-refractivity contribution is -0.224. The smallest absolute Gasteiger partial charge is 0.276 e. The van der Waals surface area contributed by atoms with Gasteiger partial charge in [-0.3, -0.25) is 4.79 Å². The normalized spacial score (nSPS) is 24.6. The van der Waals surface area contributed by atoms with Crippen LogP contribution in [0.5, 0.6) is 5.75 Å².